The number of aromatic nitrogens is 1. The fourth-order valence-corrected chi connectivity index (χ4v) is 1.99. The Morgan fingerprint density at radius 2 is 2.05 bits per heavy atom. The number of rotatable bonds is 9. The highest BCUT2D eigenvalue weighted by molar-refractivity contribution is 6.33. The van der Waals surface area contributed by atoms with Crippen LogP contribution in [0.5, 0.6) is 0 Å². The van der Waals surface area contributed by atoms with Gasteiger partial charge in [0.15, 0.2) is 0 Å². The van der Waals surface area contributed by atoms with Gasteiger partial charge in [0.2, 0.25) is 0 Å². The Morgan fingerprint density at radius 3 is 2.60 bits per heavy atom. The largest absolute Gasteiger partial charge is 0.478 e. The Kier molecular flexibility index (Phi) is 7.28. The van der Waals surface area contributed by atoms with E-state index in [9.17, 15) is 4.79 Å². The third-order valence-corrected chi connectivity index (χ3v) is 2.99. The zero-order chi connectivity index (χ0) is 15.0. The van der Waals surface area contributed by atoms with Crippen LogP contribution in [-0.4, -0.2) is 56.6 Å². The quantitative estimate of drug-likeness (QED) is 0.703. The number of nitrogens with zero attached hydrogens (tertiary/aromatic N) is 2. The highest BCUT2D eigenvalue weighted by atomic mass is 35.5. The summed E-state index contributed by atoms with van der Waals surface area (Å²) in [6.45, 7) is 2.50. The van der Waals surface area contributed by atoms with Crippen molar-refractivity contribution >= 4 is 23.4 Å². The molecule has 0 aromatic carbocycles. The van der Waals surface area contributed by atoms with Gasteiger partial charge in [-0.25, -0.2) is 9.78 Å². The molecule has 1 rings (SSSR count). The topological polar surface area (TPSA) is 71.9 Å². The molecule has 0 aliphatic rings. The van der Waals surface area contributed by atoms with Crippen LogP contribution in [0.4, 0.5) is 5.82 Å². The van der Waals surface area contributed by atoms with Crippen LogP contribution in [0.1, 0.15) is 16.8 Å². The molecule has 6 nitrogen and oxygen atoms in total. The molecule has 0 unspecified atom stereocenters. The number of anilines is 1. The zero-order valence-corrected chi connectivity index (χ0v) is 12.4. The monoisotopic (exact) mass is 302 g/mol. The number of carboxylic acid groups (broad SMARTS) is 1. The van der Waals surface area contributed by atoms with Gasteiger partial charge in [-0.2, -0.15) is 0 Å². The SMILES string of the molecule is COCCCN(CCOC)c1ncc(C(=O)O)cc1Cl. The normalized spacial score (nSPS) is 10.6. The third kappa shape index (κ3) is 4.96. The van der Waals surface area contributed by atoms with Crippen LogP contribution in [0, 0.1) is 0 Å². The van der Waals surface area contributed by atoms with Crippen LogP contribution in [0.15, 0.2) is 12.3 Å². The number of hydrogen-bond donors (Lipinski definition) is 1. The summed E-state index contributed by atoms with van der Waals surface area (Å²) in [6.07, 6.45) is 2.12. The number of carboxylic acids is 1. The predicted octanol–water partition coefficient (Wildman–Crippen LogP) is 1.92. The van der Waals surface area contributed by atoms with Crippen LogP contribution in [-0.2, 0) is 9.47 Å². The molecule has 0 saturated carbocycles. The smallest absolute Gasteiger partial charge is 0.337 e. The molecule has 0 bridgehead atoms. The van der Waals surface area contributed by atoms with E-state index in [0.717, 1.165) is 6.42 Å². The van der Waals surface area contributed by atoms with Crippen LogP contribution >= 0.6 is 11.6 Å². The van der Waals surface area contributed by atoms with Gasteiger partial charge in [-0.1, -0.05) is 11.6 Å². The number of aromatic carboxylic acids is 1. The number of methoxy groups -OCH3 is 2. The van der Waals surface area contributed by atoms with E-state index in [2.05, 4.69) is 4.98 Å². The standard InChI is InChI=1S/C13H19ClN2O4/c1-19-6-3-4-16(5-7-20-2)12-11(14)8-10(9-15-12)13(17)18/h8-9H,3-7H2,1-2H3,(H,17,18). The summed E-state index contributed by atoms with van der Waals surface area (Å²) >= 11 is 6.12. The first kappa shape index (κ1) is 16.7. The zero-order valence-electron chi connectivity index (χ0n) is 11.6. The Hall–Kier alpha value is -1.37. The maximum absolute atomic E-state index is 10.9. The summed E-state index contributed by atoms with van der Waals surface area (Å²) in [7, 11) is 3.27. The van der Waals surface area contributed by atoms with E-state index in [0.29, 0.717) is 37.1 Å². The molecular weight excluding hydrogens is 284 g/mol. The van der Waals surface area contributed by atoms with Gasteiger partial charge in [-0.05, 0) is 12.5 Å². The summed E-state index contributed by atoms with van der Waals surface area (Å²) < 4.78 is 10.1. The molecule has 0 spiro atoms. The van der Waals surface area contributed by atoms with Crippen LogP contribution in [0.3, 0.4) is 0 Å². The van der Waals surface area contributed by atoms with Crippen LogP contribution < -0.4 is 4.90 Å². The van der Waals surface area contributed by atoms with E-state index in [4.69, 9.17) is 26.2 Å². The molecular formula is C13H19ClN2O4. The molecule has 0 radical (unpaired) electrons. The van der Waals surface area contributed by atoms with Gasteiger partial charge in [-0.3, -0.25) is 0 Å². The summed E-state index contributed by atoms with van der Waals surface area (Å²) in [4.78, 5) is 17.0. The van der Waals surface area contributed by atoms with E-state index < -0.39 is 5.97 Å². The molecule has 1 aromatic rings. The number of hydrogen-bond acceptors (Lipinski definition) is 5. The molecule has 1 heterocycles. The highest BCUT2D eigenvalue weighted by Crippen LogP contribution is 2.24. The second-order valence-corrected chi connectivity index (χ2v) is 4.57. The summed E-state index contributed by atoms with van der Waals surface area (Å²) in [5.41, 5.74) is 0.0716. The molecule has 0 aliphatic carbocycles. The minimum atomic E-state index is -1.05. The minimum Gasteiger partial charge on any atom is -0.478 e. The second kappa shape index (κ2) is 8.73. The molecule has 20 heavy (non-hydrogen) atoms. The van der Waals surface area contributed by atoms with Crippen molar-refractivity contribution in [3.05, 3.63) is 22.8 Å². The first-order valence-electron chi connectivity index (χ1n) is 6.21. The van der Waals surface area contributed by atoms with E-state index in [1.807, 2.05) is 4.90 Å². The minimum absolute atomic E-state index is 0.0716. The van der Waals surface area contributed by atoms with Gasteiger partial charge in [-0.15, -0.1) is 0 Å². The number of pyridine rings is 1. The van der Waals surface area contributed by atoms with Gasteiger partial charge in [0.25, 0.3) is 0 Å². The lowest BCUT2D eigenvalue weighted by Gasteiger charge is -2.24. The Balaban J connectivity index is 2.85. The van der Waals surface area contributed by atoms with Gasteiger partial charge in [0.1, 0.15) is 5.82 Å². The lowest BCUT2D eigenvalue weighted by atomic mass is 10.2. The van der Waals surface area contributed by atoms with Crippen molar-refractivity contribution in [2.45, 2.75) is 6.42 Å². The molecule has 0 fully saturated rings. The number of ether oxygens (including phenoxy) is 2. The van der Waals surface area contributed by atoms with Crippen LogP contribution in [0.2, 0.25) is 5.02 Å². The highest BCUT2D eigenvalue weighted by Gasteiger charge is 2.14. The average molecular weight is 303 g/mol. The van der Waals surface area contributed by atoms with Gasteiger partial charge in [0.05, 0.1) is 17.2 Å². The average Bonchev–Trinajstić information content (AvgIpc) is 2.43. The van der Waals surface area contributed by atoms with E-state index in [-0.39, 0.29) is 5.56 Å². The predicted molar refractivity (Wildman–Crippen MR) is 76.8 cm³/mol. The van der Waals surface area contributed by atoms with Gasteiger partial charge in [0, 0.05) is 40.1 Å². The molecule has 112 valence electrons. The molecule has 0 atom stereocenters. The fourth-order valence-electron chi connectivity index (χ4n) is 1.71. The van der Waals surface area contributed by atoms with Crippen molar-refractivity contribution in [2.24, 2.45) is 0 Å². The van der Waals surface area contributed by atoms with E-state index >= 15 is 0 Å². The van der Waals surface area contributed by atoms with Gasteiger partial charge >= 0.3 is 5.97 Å². The molecule has 0 saturated heterocycles. The molecule has 1 N–H and O–H groups in total. The summed E-state index contributed by atoms with van der Waals surface area (Å²) in [5.74, 6) is -0.487. The first-order chi connectivity index (χ1) is 9.60. The third-order valence-electron chi connectivity index (χ3n) is 2.71. The van der Waals surface area contributed by atoms with Crippen molar-refractivity contribution in [3.63, 3.8) is 0 Å². The first-order valence-corrected chi connectivity index (χ1v) is 6.59. The number of halogens is 1. The molecule has 1 aromatic heterocycles. The maximum Gasteiger partial charge on any atom is 0.337 e. The van der Waals surface area contributed by atoms with E-state index in [1.165, 1.54) is 12.3 Å². The molecule has 0 amide bonds. The Labute approximate surface area is 123 Å². The summed E-state index contributed by atoms with van der Waals surface area (Å²) in [5, 5.41) is 9.22. The Morgan fingerprint density at radius 1 is 1.35 bits per heavy atom. The lowest BCUT2D eigenvalue weighted by Crippen LogP contribution is -2.30. The number of carbonyl (C=O) groups is 1. The second-order valence-electron chi connectivity index (χ2n) is 4.16. The lowest BCUT2D eigenvalue weighted by molar-refractivity contribution is 0.0696. The van der Waals surface area contributed by atoms with Gasteiger partial charge < -0.3 is 19.5 Å². The van der Waals surface area contributed by atoms with Crippen molar-refractivity contribution in [2.75, 3.05) is 45.4 Å². The van der Waals surface area contributed by atoms with Crippen molar-refractivity contribution in [1.82, 2.24) is 4.98 Å². The molecule has 0 aliphatic heterocycles. The van der Waals surface area contributed by atoms with Crippen LogP contribution in [0.25, 0.3) is 0 Å². The van der Waals surface area contributed by atoms with E-state index in [1.54, 1.807) is 14.2 Å². The summed E-state index contributed by atoms with van der Waals surface area (Å²) in [6, 6.07) is 1.41. The molecule has 7 heteroatoms. The Bertz CT molecular complexity index is 442. The fraction of sp³-hybridized carbons (Fsp3) is 0.538. The van der Waals surface area contributed by atoms with Crippen molar-refractivity contribution in [1.29, 1.82) is 0 Å². The maximum atomic E-state index is 10.9. The van der Waals surface area contributed by atoms with Crippen molar-refractivity contribution in [3.8, 4) is 0 Å². The van der Waals surface area contributed by atoms with Crippen molar-refractivity contribution < 1.29 is 19.4 Å².